The zero-order valence-electron chi connectivity index (χ0n) is 10.9. The second-order valence-corrected chi connectivity index (χ2v) is 7.05. The third kappa shape index (κ3) is 3.65. The van der Waals surface area contributed by atoms with Gasteiger partial charge in [0, 0.05) is 16.6 Å². The molecule has 1 amide bonds. The topological polar surface area (TPSA) is 44.9 Å². The minimum absolute atomic E-state index is 0.127. The molecule has 2 unspecified atom stereocenters. The van der Waals surface area contributed by atoms with Crippen LogP contribution in [-0.2, 0) is 11.2 Å². The highest BCUT2D eigenvalue weighted by Gasteiger charge is 2.20. The van der Waals surface area contributed by atoms with Crippen molar-refractivity contribution in [3.63, 3.8) is 0 Å². The molecule has 2 rings (SSSR count). The molecule has 1 aliphatic carbocycles. The van der Waals surface area contributed by atoms with Gasteiger partial charge >= 0.3 is 0 Å². The number of carbonyl (C=O) groups is 1. The maximum atomic E-state index is 12.0. The second-order valence-electron chi connectivity index (χ2n) is 5.28. The van der Waals surface area contributed by atoms with Crippen LogP contribution in [0.4, 0.5) is 0 Å². The van der Waals surface area contributed by atoms with Gasteiger partial charge in [0.1, 0.15) is 0 Å². The van der Waals surface area contributed by atoms with E-state index in [0.29, 0.717) is 12.5 Å². The molecule has 1 aliphatic rings. The minimum atomic E-state index is 0.127. The van der Waals surface area contributed by atoms with E-state index in [1.54, 1.807) is 0 Å². The standard InChI is InChI=1S/C13H20N2OS2/c1-8-4-3-5-10(6-8)15-12(16)7-11-9(2)14-13(17)18-11/h8,10H,3-7H2,1-2H3,(H,14,17)(H,15,16). The molecule has 0 aromatic carbocycles. The summed E-state index contributed by atoms with van der Waals surface area (Å²) < 4.78 is 0.751. The Hall–Kier alpha value is -0.680. The number of rotatable bonds is 3. The van der Waals surface area contributed by atoms with Crippen LogP contribution in [0.25, 0.3) is 0 Å². The quantitative estimate of drug-likeness (QED) is 0.836. The smallest absolute Gasteiger partial charge is 0.225 e. The number of aromatic amines is 1. The van der Waals surface area contributed by atoms with E-state index in [4.69, 9.17) is 12.2 Å². The molecule has 1 saturated carbocycles. The summed E-state index contributed by atoms with van der Waals surface area (Å²) in [6.45, 7) is 4.23. The Bertz CT molecular complexity index is 478. The molecule has 0 aliphatic heterocycles. The van der Waals surface area contributed by atoms with Crippen molar-refractivity contribution in [2.45, 2.75) is 52.0 Å². The molecule has 5 heteroatoms. The molecule has 0 saturated heterocycles. The van der Waals surface area contributed by atoms with Gasteiger partial charge in [-0.1, -0.05) is 19.8 Å². The van der Waals surface area contributed by atoms with Crippen molar-refractivity contribution in [2.24, 2.45) is 5.92 Å². The van der Waals surface area contributed by atoms with E-state index in [0.717, 1.165) is 33.3 Å². The summed E-state index contributed by atoms with van der Waals surface area (Å²) in [5.41, 5.74) is 1.03. The summed E-state index contributed by atoms with van der Waals surface area (Å²) in [5, 5.41) is 3.15. The van der Waals surface area contributed by atoms with Gasteiger partial charge < -0.3 is 10.3 Å². The molecule has 1 aromatic rings. The van der Waals surface area contributed by atoms with Crippen molar-refractivity contribution in [1.29, 1.82) is 0 Å². The predicted molar refractivity (Wildman–Crippen MR) is 77.5 cm³/mol. The van der Waals surface area contributed by atoms with Crippen LogP contribution < -0.4 is 5.32 Å². The average molecular weight is 284 g/mol. The number of hydrogen-bond acceptors (Lipinski definition) is 3. The third-order valence-corrected chi connectivity index (χ3v) is 4.88. The Morgan fingerprint density at radius 3 is 2.94 bits per heavy atom. The molecular formula is C13H20N2OS2. The number of aryl methyl sites for hydroxylation is 1. The number of carbonyl (C=O) groups excluding carboxylic acids is 1. The number of hydrogen-bond donors (Lipinski definition) is 2. The van der Waals surface area contributed by atoms with Crippen LogP contribution in [0.1, 0.15) is 43.2 Å². The zero-order valence-corrected chi connectivity index (χ0v) is 12.5. The van der Waals surface area contributed by atoms with Crippen molar-refractivity contribution in [2.75, 3.05) is 0 Å². The van der Waals surface area contributed by atoms with Crippen molar-refractivity contribution >= 4 is 29.5 Å². The maximum Gasteiger partial charge on any atom is 0.225 e. The van der Waals surface area contributed by atoms with Gasteiger partial charge in [-0.3, -0.25) is 4.79 Å². The van der Waals surface area contributed by atoms with Gasteiger partial charge in [-0.15, -0.1) is 11.3 Å². The lowest BCUT2D eigenvalue weighted by Crippen LogP contribution is -2.38. The summed E-state index contributed by atoms with van der Waals surface area (Å²) in [4.78, 5) is 16.1. The van der Waals surface area contributed by atoms with E-state index in [-0.39, 0.29) is 5.91 Å². The maximum absolute atomic E-state index is 12.0. The van der Waals surface area contributed by atoms with Crippen LogP contribution in [-0.4, -0.2) is 16.9 Å². The number of H-pyrrole nitrogens is 1. The average Bonchev–Trinajstić information content (AvgIpc) is 2.57. The summed E-state index contributed by atoms with van der Waals surface area (Å²) in [6.07, 6.45) is 5.22. The van der Waals surface area contributed by atoms with E-state index >= 15 is 0 Å². The van der Waals surface area contributed by atoms with Crippen LogP contribution in [0.5, 0.6) is 0 Å². The first-order valence-corrected chi connectivity index (χ1v) is 7.75. The molecule has 2 atom stereocenters. The summed E-state index contributed by atoms with van der Waals surface area (Å²) in [6, 6.07) is 0.369. The first-order valence-electron chi connectivity index (χ1n) is 6.52. The molecular weight excluding hydrogens is 264 g/mol. The molecule has 1 heterocycles. The second kappa shape index (κ2) is 5.97. The summed E-state index contributed by atoms with van der Waals surface area (Å²) in [5.74, 6) is 0.863. The van der Waals surface area contributed by atoms with E-state index < -0.39 is 0 Å². The lowest BCUT2D eigenvalue weighted by atomic mass is 9.87. The molecule has 2 N–H and O–H groups in total. The number of nitrogens with one attached hydrogen (secondary N) is 2. The first-order chi connectivity index (χ1) is 8.54. The van der Waals surface area contributed by atoms with Crippen LogP contribution >= 0.6 is 23.6 Å². The Balaban J connectivity index is 1.88. The Morgan fingerprint density at radius 2 is 2.33 bits per heavy atom. The minimum Gasteiger partial charge on any atom is -0.353 e. The molecule has 18 heavy (non-hydrogen) atoms. The Kier molecular flexibility index (Phi) is 4.56. The highest BCUT2D eigenvalue weighted by atomic mass is 32.1. The van der Waals surface area contributed by atoms with Crippen molar-refractivity contribution in [3.05, 3.63) is 14.5 Å². The van der Waals surface area contributed by atoms with Crippen LogP contribution in [0.2, 0.25) is 0 Å². The summed E-state index contributed by atoms with van der Waals surface area (Å²) >= 11 is 6.58. The lowest BCUT2D eigenvalue weighted by molar-refractivity contribution is -0.121. The molecule has 1 aromatic heterocycles. The van der Waals surface area contributed by atoms with Gasteiger partial charge in [0.2, 0.25) is 5.91 Å². The Morgan fingerprint density at radius 1 is 1.56 bits per heavy atom. The van der Waals surface area contributed by atoms with E-state index in [9.17, 15) is 4.79 Å². The molecule has 3 nitrogen and oxygen atoms in total. The largest absolute Gasteiger partial charge is 0.353 e. The number of thiazole rings is 1. The lowest BCUT2D eigenvalue weighted by Gasteiger charge is -2.27. The monoisotopic (exact) mass is 284 g/mol. The van der Waals surface area contributed by atoms with E-state index in [2.05, 4.69) is 17.2 Å². The highest BCUT2D eigenvalue weighted by molar-refractivity contribution is 7.73. The van der Waals surface area contributed by atoms with Crippen molar-refractivity contribution < 1.29 is 4.79 Å². The Labute approximate surface area is 117 Å². The van der Waals surface area contributed by atoms with Crippen LogP contribution in [0.15, 0.2) is 0 Å². The fourth-order valence-electron chi connectivity index (χ4n) is 2.60. The van der Waals surface area contributed by atoms with Gasteiger partial charge in [0.05, 0.1) is 6.42 Å². The summed E-state index contributed by atoms with van der Waals surface area (Å²) in [7, 11) is 0. The van der Waals surface area contributed by atoms with Crippen LogP contribution in [0.3, 0.4) is 0 Å². The van der Waals surface area contributed by atoms with E-state index in [1.165, 1.54) is 24.2 Å². The SMILES string of the molecule is Cc1[nH]c(=S)sc1CC(=O)NC1CCCC(C)C1. The molecule has 0 bridgehead atoms. The fourth-order valence-corrected chi connectivity index (χ4v) is 3.89. The van der Waals surface area contributed by atoms with Gasteiger partial charge in [-0.2, -0.15) is 0 Å². The van der Waals surface area contributed by atoms with Crippen molar-refractivity contribution in [1.82, 2.24) is 10.3 Å². The molecule has 0 spiro atoms. The molecule has 0 radical (unpaired) electrons. The van der Waals surface area contributed by atoms with Gasteiger partial charge in [0.25, 0.3) is 0 Å². The molecule has 100 valence electrons. The normalized spacial score (nSPS) is 23.9. The first kappa shape index (κ1) is 13.7. The third-order valence-electron chi connectivity index (χ3n) is 3.55. The van der Waals surface area contributed by atoms with Gasteiger partial charge in [-0.05, 0) is 37.9 Å². The zero-order chi connectivity index (χ0) is 13.1. The van der Waals surface area contributed by atoms with Gasteiger partial charge in [-0.25, -0.2) is 0 Å². The van der Waals surface area contributed by atoms with Crippen molar-refractivity contribution in [3.8, 4) is 0 Å². The number of amides is 1. The fraction of sp³-hybridized carbons (Fsp3) is 0.692. The molecule has 1 fully saturated rings. The van der Waals surface area contributed by atoms with Gasteiger partial charge in [0.15, 0.2) is 3.95 Å². The van der Waals surface area contributed by atoms with Crippen LogP contribution in [0, 0.1) is 16.8 Å². The highest BCUT2D eigenvalue weighted by Crippen LogP contribution is 2.23. The van der Waals surface area contributed by atoms with E-state index in [1.807, 2.05) is 6.92 Å². The predicted octanol–water partition coefficient (Wildman–Crippen LogP) is 3.35. The number of aromatic nitrogens is 1.